The summed E-state index contributed by atoms with van der Waals surface area (Å²) in [6.45, 7) is 0. The number of aromatic nitrogens is 7. The first-order valence-corrected chi connectivity index (χ1v) is 11.2. The Kier molecular flexibility index (Phi) is 4.32. The molecule has 0 N–H and O–H groups in total. The van der Waals surface area contributed by atoms with Gasteiger partial charge in [0.25, 0.3) is 0 Å². The van der Waals surface area contributed by atoms with Gasteiger partial charge >= 0.3 is 0 Å². The minimum Gasteiger partial charge on any atom is -0.245 e. The maximum Gasteiger partial charge on any atom is 0.178 e. The minimum atomic E-state index is 0.592. The molecule has 0 aliphatic carbocycles. The molecule has 0 aliphatic rings. The molecular weight excluding hydrogens is 434 g/mol. The Bertz CT molecular complexity index is 1830. The lowest BCUT2D eigenvalue weighted by Crippen LogP contribution is -1.99. The van der Waals surface area contributed by atoms with E-state index in [0.29, 0.717) is 5.82 Å². The van der Waals surface area contributed by atoms with Gasteiger partial charge in [0.15, 0.2) is 5.82 Å². The minimum absolute atomic E-state index is 0.592. The molecule has 4 aromatic heterocycles. The Morgan fingerprint density at radius 2 is 1.17 bits per heavy atom. The van der Waals surface area contributed by atoms with Crippen molar-refractivity contribution < 1.29 is 0 Å². The van der Waals surface area contributed by atoms with Crippen LogP contribution >= 0.6 is 0 Å². The van der Waals surface area contributed by atoms with Crippen LogP contribution in [0.2, 0.25) is 0 Å². The molecule has 7 rings (SSSR count). The highest BCUT2D eigenvalue weighted by molar-refractivity contribution is 6.04. The van der Waals surface area contributed by atoms with E-state index in [1.54, 1.807) is 23.3 Å². The normalized spacial score (nSPS) is 11.4. The highest BCUT2D eigenvalue weighted by atomic mass is 15.5. The molecular formula is C28H17N7. The summed E-state index contributed by atoms with van der Waals surface area (Å²) in [6, 6.07) is 30.0. The van der Waals surface area contributed by atoms with Crippen LogP contribution < -0.4 is 0 Å². The topological polar surface area (TPSA) is 82.3 Å². The fourth-order valence-corrected chi connectivity index (χ4v) is 4.25. The number of rotatable bonds is 3. The van der Waals surface area contributed by atoms with Crippen molar-refractivity contribution in [2.75, 3.05) is 0 Å². The van der Waals surface area contributed by atoms with E-state index in [9.17, 15) is 0 Å². The quantitative estimate of drug-likeness (QED) is 0.323. The zero-order valence-corrected chi connectivity index (χ0v) is 18.4. The zero-order valence-electron chi connectivity index (χ0n) is 18.4. The molecule has 3 aromatic carbocycles. The SMILES string of the molecule is c1cnc(-c2ccc3ccc4ccc(-c5cccc(-n6nc7ccccc7n6)c5)nc4c3n2)nc1. The summed E-state index contributed by atoms with van der Waals surface area (Å²) in [5.41, 5.74) is 6.81. The van der Waals surface area contributed by atoms with Crippen molar-refractivity contribution in [3.63, 3.8) is 0 Å². The van der Waals surface area contributed by atoms with Crippen LogP contribution in [0.15, 0.2) is 103 Å². The fraction of sp³-hybridized carbons (Fsp3) is 0. The largest absolute Gasteiger partial charge is 0.245 e. The average Bonchev–Trinajstić information content (AvgIpc) is 3.38. The Labute approximate surface area is 199 Å². The Balaban J connectivity index is 1.36. The van der Waals surface area contributed by atoms with Crippen molar-refractivity contribution >= 4 is 32.8 Å². The van der Waals surface area contributed by atoms with Crippen molar-refractivity contribution in [3.05, 3.63) is 103 Å². The van der Waals surface area contributed by atoms with Gasteiger partial charge in [-0.2, -0.15) is 4.80 Å². The van der Waals surface area contributed by atoms with E-state index < -0.39 is 0 Å². The van der Waals surface area contributed by atoms with Gasteiger partial charge in [0.1, 0.15) is 16.7 Å². The molecule has 7 aromatic rings. The van der Waals surface area contributed by atoms with Gasteiger partial charge in [0, 0.05) is 28.7 Å². The Morgan fingerprint density at radius 3 is 1.89 bits per heavy atom. The number of pyridine rings is 2. The molecule has 0 unspecified atom stereocenters. The lowest BCUT2D eigenvalue weighted by molar-refractivity contribution is 0.766. The average molecular weight is 451 g/mol. The summed E-state index contributed by atoms with van der Waals surface area (Å²) in [5, 5.41) is 11.3. The number of hydrogen-bond acceptors (Lipinski definition) is 6. The van der Waals surface area contributed by atoms with Crippen LogP contribution in [0.5, 0.6) is 0 Å². The van der Waals surface area contributed by atoms with Crippen LogP contribution in [0.1, 0.15) is 0 Å². The zero-order chi connectivity index (χ0) is 23.2. The number of fused-ring (bicyclic) bond motifs is 4. The molecule has 0 saturated carbocycles. The first-order valence-electron chi connectivity index (χ1n) is 11.2. The third kappa shape index (κ3) is 3.38. The van der Waals surface area contributed by atoms with Gasteiger partial charge in [-0.15, -0.1) is 10.2 Å². The van der Waals surface area contributed by atoms with Gasteiger partial charge in [-0.25, -0.2) is 19.9 Å². The second kappa shape index (κ2) is 7.78. The number of benzene rings is 3. The first-order chi connectivity index (χ1) is 17.3. The number of nitrogens with zero attached hydrogens (tertiary/aromatic N) is 7. The molecule has 164 valence electrons. The van der Waals surface area contributed by atoms with Crippen molar-refractivity contribution in [1.82, 2.24) is 34.9 Å². The van der Waals surface area contributed by atoms with Crippen LogP contribution in [-0.2, 0) is 0 Å². The lowest BCUT2D eigenvalue weighted by Gasteiger charge is -2.08. The first kappa shape index (κ1) is 19.4. The van der Waals surface area contributed by atoms with Crippen molar-refractivity contribution in [2.45, 2.75) is 0 Å². The summed E-state index contributed by atoms with van der Waals surface area (Å²) < 4.78 is 0. The van der Waals surface area contributed by atoms with Crippen LogP contribution in [-0.4, -0.2) is 34.9 Å². The smallest absolute Gasteiger partial charge is 0.178 e. The molecule has 0 saturated heterocycles. The standard InChI is InChI=1S/C28H17N7/c1-2-8-24-23(7-1)33-35(34-24)21-6-3-5-20(17-21)22-13-11-18-9-10-19-12-14-25(28-29-15-4-16-30-28)32-27(19)26(18)31-22/h1-17H. The van der Waals surface area contributed by atoms with E-state index in [-0.39, 0.29) is 0 Å². The van der Waals surface area contributed by atoms with Gasteiger partial charge in [-0.1, -0.05) is 48.5 Å². The molecule has 35 heavy (non-hydrogen) atoms. The monoisotopic (exact) mass is 451 g/mol. The van der Waals surface area contributed by atoms with E-state index >= 15 is 0 Å². The third-order valence-electron chi connectivity index (χ3n) is 5.97. The molecule has 4 heterocycles. The second-order valence-electron chi connectivity index (χ2n) is 8.20. The van der Waals surface area contributed by atoms with Gasteiger partial charge < -0.3 is 0 Å². The summed E-state index contributed by atoms with van der Waals surface area (Å²) in [7, 11) is 0. The maximum absolute atomic E-state index is 5.03. The van der Waals surface area contributed by atoms with E-state index in [4.69, 9.17) is 9.97 Å². The summed E-state index contributed by atoms with van der Waals surface area (Å²) >= 11 is 0. The summed E-state index contributed by atoms with van der Waals surface area (Å²) in [6.07, 6.45) is 3.44. The molecule has 7 heteroatoms. The Hall–Kier alpha value is -5.04. The molecule has 0 radical (unpaired) electrons. The maximum atomic E-state index is 5.03. The van der Waals surface area contributed by atoms with E-state index in [2.05, 4.69) is 44.4 Å². The van der Waals surface area contributed by atoms with Crippen LogP contribution in [0.25, 0.3) is 61.3 Å². The molecule has 0 fully saturated rings. The van der Waals surface area contributed by atoms with Crippen LogP contribution in [0.3, 0.4) is 0 Å². The van der Waals surface area contributed by atoms with Crippen molar-refractivity contribution in [2.24, 2.45) is 0 Å². The Morgan fingerprint density at radius 1 is 0.543 bits per heavy atom. The van der Waals surface area contributed by atoms with Crippen molar-refractivity contribution in [3.8, 4) is 28.5 Å². The predicted molar refractivity (Wildman–Crippen MR) is 136 cm³/mol. The van der Waals surface area contributed by atoms with E-state index in [0.717, 1.165) is 55.5 Å². The van der Waals surface area contributed by atoms with Gasteiger partial charge in [0.2, 0.25) is 0 Å². The second-order valence-corrected chi connectivity index (χ2v) is 8.20. The van der Waals surface area contributed by atoms with E-state index in [1.807, 2.05) is 60.7 Å². The van der Waals surface area contributed by atoms with Gasteiger partial charge in [0.05, 0.1) is 22.4 Å². The summed E-state index contributed by atoms with van der Waals surface area (Å²) in [4.78, 5) is 20.3. The molecule has 0 atom stereocenters. The molecule has 0 spiro atoms. The molecule has 0 amide bonds. The highest BCUT2D eigenvalue weighted by Crippen LogP contribution is 2.28. The van der Waals surface area contributed by atoms with Crippen molar-refractivity contribution in [1.29, 1.82) is 0 Å². The predicted octanol–water partition coefficient (Wildman–Crippen LogP) is 5.64. The van der Waals surface area contributed by atoms with Gasteiger partial charge in [-0.05, 0) is 42.5 Å². The highest BCUT2D eigenvalue weighted by Gasteiger charge is 2.11. The van der Waals surface area contributed by atoms with E-state index in [1.165, 1.54) is 0 Å². The summed E-state index contributed by atoms with van der Waals surface area (Å²) in [5.74, 6) is 0.592. The molecule has 0 bridgehead atoms. The van der Waals surface area contributed by atoms with Gasteiger partial charge in [-0.3, -0.25) is 0 Å². The van der Waals surface area contributed by atoms with Crippen LogP contribution in [0.4, 0.5) is 0 Å². The van der Waals surface area contributed by atoms with Crippen LogP contribution in [0, 0.1) is 0 Å². The molecule has 0 aliphatic heterocycles. The molecule has 7 nitrogen and oxygen atoms in total. The third-order valence-corrected chi connectivity index (χ3v) is 5.97. The fourth-order valence-electron chi connectivity index (χ4n) is 4.25. The number of hydrogen-bond donors (Lipinski definition) is 0. The lowest BCUT2D eigenvalue weighted by atomic mass is 10.1.